The zero-order chi connectivity index (χ0) is 19.0. The molecule has 0 aliphatic carbocycles. The maximum absolute atomic E-state index is 14.3. The number of nitrogens with zero attached hydrogens (tertiary/aromatic N) is 1. The SMILES string of the molecule is N#Cc1c(-c2cc(F)ccc2F)cc(-c2cccc3ccccc23)[nH]c1=O. The van der Waals surface area contributed by atoms with Crippen molar-refractivity contribution in [2.75, 3.05) is 0 Å². The molecular weight excluding hydrogens is 346 g/mol. The second-order valence-corrected chi connectivity index (χ2v) is 6.06. The minimum absolute atomic E-state index is 0.0567. The lowest BCUT2D eigenvalue weighted by Crippen LogP contribution is -2.13. The first-order chi connectivity index (χ1) is 13.1. The van der Waals surface area contributed by atoms with E-state index in [-0.39, 0.29) is 16.7 Å². The molecule has 0 aliphatic rings. The fraction of sp³-hybridized carbons (Fsp3) is 0. The van der Waals surface area contributed by atoms with Crippen LogP contribution in [-0.2, 0) is 0 Å². The zero-order valence-electron chi connectivity index (χ0n) is 14.0. The third-order valence-corrected chi connectivity index (χ3v) is 4.44. The van der Waals surface area contributed by atoms with Gasteiger partial charge in [0.05, 0.1) is 0 Å². The number of hydrogen-bond donors (Lipinski definition) is 1. The number of nitrogens with one attached hydrogen (secondary N) is 1. The molecule has 1 N–H and O–H groups in total. The third kappa shape index (κ3) is 2.87. The molecule has 0 aliphatic heterocycles. The highest BCUT2D eigenvalue weighted by molar-refractivity contribution is 5.96. The molecule has 0 amide bonds. The Morgan fingerprint density at radius 2 is 1.63 bits per heavy atom. The largest absolute Gasteiger partial charge is 0.321 e. The summed E-state index contributed by atoms with van der Waals surface area (Å²) in [5, 5.41) is 11.2. The number of hydrogen-bond acceptors (Lipinski definition) is 2. The molecular formula is C22H12F2N2O. The molecule has 130 valence electrons. The van der Waals surface area contributed by atoms with E-state index in [0.29, 0.717) is 5.69 Å². The summed E-state index contributed by atoms with van der Waals surface area (Å²) in [6.45, 7) is 0. The van der Waals surface area contributed by atoms with Crippen LogP contribution >= 0.6 is 0 Å². The van der Waals surface area contributed by atoms with Crippen LogP contribution in [0.2, 0.25) is 0 Å². The average molecular weight is 358 g/mol. The van der Waals surface area contributed by atoms with Gasteiger partial charge in [0.15, 0.2) is 0 Å². The number of fused-ring (bicyclic) bond motifs is 1. The molecule has 1 heterocycles. The van der Waals surface area contributed by atoms with E-state index in [1.54, 1.807) is 6.07 Å². The fourth-order valence-electron chi connectivity index (χ4n) is 3.19. The molecule has 27 heavy (non-hydrogen) atoms. The van der Waals surface area contributed by atoms with Gasteiger partial charge in [-0.15, -0.1) is 0 Å². The first kappa shape index (κ1) is 16.7. The van der Waals surface area contributed by atoms with Gasteiger partial charge in [0.25, 0.3) is 5.56 Å². The molecule has 1 aromatic heterocycles. The van der Waals surface area contributed by atoms with Crippen molar-refractivity contribution in [3.8, 4) is 28.5 Å². The van der Waals surface area contributed by atoms with Gasteiger partial charge in [-0.3, -0.25) is 4.79 Å². The first-order valence-electron chi connectivity index (χ1n) is 8.19. The molecule has 0 fully saturated rings. The Balaban J connectivity index is 2.05. The Bertz CT molecular complexity index is 1280. The number of aromatic nitrogens is 1. The monoisotopic (exact) mass is 358 g/mol. The van der Waals surface area contributed by atoms with Gasteiger partial charge in [0, 0.05) is 22.4 Å². The van der Waals surface area contributed by atoms with E-state index in [0.717, 1.165) is 34.5 Å². The standard InChI is InChI=1S/C22H12F2N2O/c23-14-8-9-20(24)18(10-14)17-11-21(26-22(27)19(17)12-25)16-7-3-5-13-4-1-2-6-15(13)16/h1-11H,(H,26,27). The molecule has 0 spiro atoms. The van der Waals surface area contributed by atoms with Gasteiger partial charge < -0.3 is 4.98 Å². The number of rotatable bonds is 2. The lowest BCUT2D eigenvalue weighted by Gasteiger charge is -2.11. The van der Waals surface area contributed by atoms with Gasteiger partial charge in [-0.1, -0.05) is 42.5 Å². The summed E-state index contributed by atoms with van der Waals surface area (Å²) in [5.41, 5.74) is 0.174. The number of nitriles is 1. The van der Waals surface area contributed by atoms with Gasteiger partial charge in [-0.25, -0.2) is 8.78 Å². The summed E-state index contributed by atoms with van der Waals surface area (Å²) in [7, 11) is 0. The Hall–Kier alpha value is -3.78. The second kappa shape index (κ2) is 6.50. The van der Waals surface area contributed by atoms with E-state index >= 15 is 0 Å². The number of pyridine rings is 1. The van der Waals surface area contributed by atoms with Crippen molar-refractivity contribution in [1.82, 2.24) is 4.98 Å². The fourth-order valence-corrected chi connectivity index (χ4v) is 3.19. The lowest BCUT2D eigenvalue weighted by atomic mass is 9.96. The van der Waals surface area contributed by atoms with Crippen molar-refractivity contribution >= 4 is 10.8 Å². The topological polar surface area (TPSA) is 56.6 Å². The van der Waals surface area contributed by atoms with Crippen molar-refractivity contribution in [2.45, 2.75) is 0 Å². The highest BCUT2D eigenvalue weighted by Gasteiger charge is 2.17. The number of benzene rings is 3. The van der Waals surface area contributed by atoms with Crippen LogP contribution in [0.25, 0.3) is 33.2 Å². The Kier molecular flexibility index (Phi) is 4.02. The summed E-state index contributed by atoms with van der Waals surface area (Å²) in [5.74, 6) is -1.36. The highest BCUT2D eigenvalue weighted by atomic mass is 19.1. The minimum atomic E-state index is -0.706. The van der Waals surface area contributed by atoms with Gasteiger partial charge in [-0.2, -0.15) is 5.26 Å². The Labute approximate surface area is 153 Å². The summed E-state index contributed by atoms with van der Waals surface area (Å²) in [6, 6.07) is 19.5. The van der Waals surface area contributed by atoms with Crippen molar-refractivity contribution in [2.24, 2.45) is 0 Å². The van der Waals surface area contributed by atoms with Crippen LogP contribution in [0.15, 0.2) is 71.5 Å². The normalized spacial score (nSPS) is 10.7. The van der Waals surface area contributed by atoms with E-state index in [9.17, 15) is 18.8 Å². The molecule has 0 radical (unpaired) electrons. The molecule has 0 atom stereocenters. The van der Waals surface area contributed by atoms with E-state index in [1.165, 1.54) is 6.07 Å². The van der Waals surface area contributed by atoms with Crippen molar-refractivity contribution in [3.05, 3.63) is 94.3 Å². The zero-order valence-corrected chi connectivity index (χ0v) is 14.0. The predicted octanol–water partition coefficient (Wildman–Crippen LogP) is 5.01. The van der Waals surface area contributed by atoms with Gasteiger partial charge in [0.1, 0.15) is 23.3 Å². The minimum Gasteiger partial charge on any atom is -0.321 e. The number of H-pyrrole nitrogens is 1. The van der Waals surface area contributed by atoms with Crippen LogP contribution in [-0.4, -0.2) is 4.98 Å². The molecule has 0 bridgehead atoms. The predicted molar refractivity (Wildman–Crippen MR) is 100 cm³/mol. The molecule has 5 heteroatoms. The van der Waals surface area contributed by atoms with Gasteiger partial charge in [0.2, 0.25) is 0 Å². The number of halogens is 2. The second-order valence-electron chi connectivity index (χ2n) is 6.06. The van der Waals surface area contributed by atoms with Crippen LogP contribution in [0.1, 0.15) is 5.56 Å². The van der Waals surface area contributed by atoms with Crippen molar-refractivity contribution in [3.63, 3.8) is 0 Å². The van der Waals surface area contributed by atoms with Gasteiger partial charge >= 0.3 is 0 Å². The van der Waals surface area contributed by atoms with Crippen molar-refractivity contribution in [1.29, 1.82) is 5.26 Å². The third-order valence-electron chi connectivity index (χ3n) is 4.44. The average Bonchev–Trinajstić information content (AvgIpc) is 2.68. The van der Waals surface area contributed by atoms with E-state index in [1.807, 2.05) is 42.5 Å². The van der Waals surface area contributed by atoms with Crippen LogP contribution in [0, 0.1) is 23.0 Å². The molecule has 0 saturated carbocycles. The molecule has 0 saturated heterocycles. The van der Waals surface area contributed by atoms with Crippen molar-refractivity contribution < 1.29 is 8.78 Å². The Morgan fingerprint density at radius 1 is 0.852 bits per heavy atom. The van der Waals surface area contributed by atoms with Crippen LogP contribution < -0.4 is 5.56 Å². The number of aromatic amines is 1. The van der Waals surface area contributed by atoms with Crippen LogP contribution in [0.4, 0.5) is 8.78 Å². The van der Waals surface area contributed by atoms with E-state index < -0.39 is 17.2 Å². The van der Waals surface area contributed by atoms with E-state index in [2.05, 4.69) is 4.98 Å². The first-order valence-corrected chi connectivity index (χ1v) is 8.19. The smallest absolute Gasteiger partial charge is 0.266 e. The summed E-state index contributed by atoms with van der Waals surface area (Å²) < 4.78 is 28.0. The van der Waals surface area contributed by atoms with Gasteiger partial charge in [-0.05, 0) is 35.0 Å². The highest BCUT2D eigenvalue weighted by Crippen LogP contribution is 2.31. The molecule has 3 nitrogen and oxygen atoms in total. The quantitative estimate of drug-likeness (QED) is 0.547. The van der Waals surface area contributed by atoms with E-state index in [4.69, 9.17) is 0 Å². The summed E-state index contributed by atoms with van der Waals surface area (Å²) in [4.78, 5) is 15.2. The summed E-state index contributed by atoms with van der Waals surface area (Å²) >= 11 is 0. The maximum atomic E-state index is 14.3. The van der Waals surface area contributed by atoms with Crippen LogP contribution in [0.3, 0.4) is 0 Å². The molecule has 0 unspecified atom stereocenters. The van der Waals surface area contributed by atoms with Crippen LogP contribution in [0.5, 0.6) is 0 Å². The Morgan fingerprint density at radius 3 is 2.44 bits per heavy atom. The lowest BCUT2D eigenvalue weighted by molar-refractivity contribution is 0.603. The maximum Gasteiger partial charge on any atom is 0.266 e. The molecule has 4 aromatic rings. The summed E-state index contributed by atoms with van der Waals surface area (Å²) in [6.07, 6.45) is 0. The molecule has 4 rings (SSSR count). The molecule has 3 aromatic carbocycles.